The molecule has 0 saturated carbocycles. The predicted octanol–water partition coefficient (Wildman–Crippen LogP) is 2.30. The van der Waals surface area contributed by atoms with Gasteiger partial charge in [0.25, 0.3) is 0 Å². The Bertz CT molecular complexity index is 748. The van der Waals surface area contributed by atoms with Crippen LogP contribution in [-0.2, 0) is 0 Å². The molecular formula is C14H14N4O. The molecule has 5 nitrogen and oxygen atoms in total. The van der Waals surface area contributed by atoms with Crippen molar-refractivity contribution in [1.29, 1.82) is 0 Å². The maximum absolute atomic E-state index is 5.95. The molecule has 0 bridgehead atoms. The molecule has 0 radical (unpaired) electrons. The third-order valence-electron chi connectivity index (χ3n) is 3.12. The normalized spacial score (nSPS) is 10.8. The van der Waals surface area contributed by atoms with E-state index in [1.165, 1.54) is 0 Å². The number of fused-ring (bicyclic) bond motifs is 1. The first-order valence-corrected chi connectivity index (χ1v) is 5.94. The van der Waals surface area contributed by atoms with E-state index in [2.05, 4.69) is 10.2 Å². The van der Waals surface area contributed by atoms with Crippen molar-refractivity contribution < 1.29 is 4.74 Å². The molecule has 2 aromatic heterocycles. The van der Waals surface area contributed by atoms with Crippen LogP contribution in [0.15, 0.2) is 36.5 Å². The quantitative estimate of drug-likeness (QED) is 0.762. The number of aromatic nitrogens is 3. The molecular weight excluding hydrogens is 240 g/mol. The Kier molecular flexibility index (Phi) is 2.59. The van der Waals surface area contributed by atoms with Crippen molar-refractivity contribution in [3.8, 4) is 17.1 Å². The zero-order valence-corrected chi connectivity index (χ0v) is 10.8. The summed E-state index contributed by atoms with van der Waals surface area (Å²) >= 11 is 0. The number of benzene rings is 1. The van der Waals surface area contributed by atoms with Crippen molar-refractivity contribution in [2.75, 3.05) is 12.8 Å². The van der Waals surface area contributed by atoms with E-state index in [-0.39, 0.29) is 0 Å². The number of hydrogen-bond acceptors (Lipinski definition) is 4. The van der Waals surface area contributed by atoms with Gasteiger partial charge >= 0.3 is 0 Å². The second kappa shape index (κ2) is 4.28. The summed E-state index contributed by atoms with van der Waals surface area (Å²) in [5, 5.41) is 8.39. The second-order valence-corrected chi connectivity index (χ2v) is 4.40. The second-order valence-electron chi connectivity index (χ2n) is 4.40. The summed E-state index contributed by atoms with van der Waals surface area (Å²) in [7, 11) is 1.64. The fourth-order valence-corrected chi connectivity index (χ4v) is 2.01. The third kappa shape index (κ3) is 1.89. The van der Waals surface area contributed by atoms with Gasteiger partial charge in [0.15, 0.2) is 11.5 Å². The van der Waals surface area contributed by atoms with Crippen LogP contribution in [0.5, 0.6) is 5.75 Å². The maximum atomic E-state index is 5.95. The lowest BCUT2D eigenvalue weighted by Crippen LogP contribution is -1.96. The molecule has 19 heavy (non-hydrogen) atoms. The third-order valence-corrected chi connectivity index (χ3v) is 3.12. The number of nitrogens with zero attached hydrogens (tertiary/aromatic N) is 3. The molecule has 3 rings (SSSR count). The summed E-state index contributed by atoms with van der Waals surface area (Å²) < 4.78 is 7.11. The summed E-state index contributed by atoms with van der Waals surface area (Å²) in [6, 6.07) is 9.63. The Labute approximate surface area is 110 Å². The summed E-state index contributed by atoms with van der Waals surface area (Å²) in [6.07, 6.45) is 1.85. The van der Waals surface area contributed by atoms with Crippen LogP contribution < -0.4 is 10.5 Å². The van der Waals surface area contributed by atoms with Gasteiger partial charge in [0.2, 0.25) is 0 Å². The molecule has 3 aromatic rings. The standard InChI is InChI=1S/C14H14N4O/c1-9-6-13-16-17-14(18(13)8-12(9)15)10-4-3-5-11(7-10)19-2/h3-8H,15H2,1-2H3. The van der Waals surface area contributed by atoms with Gasteiger partial charge in [0, 0.05) is 11.8 Å². The number of nitrogens with two attached hydrogens (primary N) is 1. The van der Waals surface area contributed by atoms with E-state index in [0.717, 1.165) is 34.0 Å². The minimum Gasteiger partial charge on any atom is -0.497 e. The van der Waals surface area contributed by atoms with Crippen LogP contribution in [0, 0.1) is 6.92 Å². The van der Waals surface area contributed by atoms with Crippen molar-refractivity contribution in [2.24, 2.45) is 0 Å². The van der Waals surface area contributed by atoms with Crippen molar-refractivity contribution >= 4 is 11.3 Å². The van der Waals surface area contributed by atoms with Crippen molar-refractivity contribution in [3.63, 3.8) is 0 Å². The van der Waals surface area contributed by atoms with E-state index in [1.54, 1.807) is 7.11 Å². The van der Waals surface area contributed by atoms with Crippen molar-refractivity contribution in [2.45, 2.75) is 6.92 Å². The zero-order valence-electron chi connectivity index (χ0n) is 10.8. The minimum absolute atomic E-state index is 0.719. The van der Waals surface area contributed by atoms with Gasteiger partial charge < -0.3 is 10.5 Å². The Morgan fingerprint density at radius 1 is 1.21 bits per heavy atom. The molecule has 2 N–H and O–H groups in total. The largest absolute Gasteiger partial charge is 0.497 e. The molecule has 5 heteroatoms. The van der Waals surface area contributed by atoms with Crippen LogP contribution in [0.1, 0.15) is 5.56 Å². The first-order valence-electron chi connectivity index (χ1n) is 5.94. The molecule has 96 valence electrons. The van der Waals surface area contributed by atoms with Gasteiger partial charge in [0.05, 0.1) is 12.8 Å². The molecule has 0 aliphatic heterocycles. The zero-order chi connectivity index (χ0) is 13.4. The number of methoxy groups -OCH3 is 1. The molecule has 0 atom stereocenters. The Balaban J connectivity index is 2.22. The molecule has 0 amide bonds. The van der Waals surface area contributed by atoms with E-state index in [1.807, 2.05) is 47.9 Å². The number of pyridine rings is 1. The number of ether oxygens (including phenoxy) is 1. The highest BCUT2D eigenvalue weighted by Crippen LogP contribution is 2.24. The molecule has 0 spiro atoms. The van der Waals surface area contributed by atoms with Gasteiger partial charge in [-0.15, -0.1) is 10.2 Å². The lowest BCUT2D eigenvalue weighted by Gasteiger charge is -2.05. The van der Waals surface area contributed by atoms with Crippen LogP contribution in [0.2, 0.25) is 0 Å². The fraction of sp³-hybridized carbons (Fsp3) is 0.143. The summed E-state index contributed by atoms with van der Waals surface area (Å²) in [5.41, 5.74) is 9.39. The molecule has 0 fully saturated rings. The average Bonchev–Trinajstić information content (AvgIpc) is 2.82. The van der Waals surface area contributed by atoms with Crippen LogP contribution in [-0.4, -0.2) is 21.7 Å². The average molecular weight is 254 g/mol. The molecule has 1 aromatic carbocycles. The van der Waals surface area contributed by atoms with Gasteiger partial charge in [0.1, 0.15) is 5.75 Å². The minimum atomic E-state index is 0.719. The van der Waals surface area contributed by atoms with Gasteiger partial charge in [-0.1, -0.05) is 12.1 Å². The Hall–Kier alpha value is -2.56. The monoisotopic (exact) mass is 254 g/mol. The predicted molar refractivity (Wildman–Crippen MR) is 74.1 cm³/mol. The van der Waals surface area contributed by atoms with E-state index in [0.29, 0.717) is 0 Å². The van der Waals surface area contributed by atoms with E-state index >= 15 is 0 Å². The summed E-state index contributed by atoms with van der Waals surface area (Å²) in [5.74, 6) is 1.54. The lowest BCUT2D eigenvalue weighted by molar-refractivity contribution is 0.415. The van der Waals surface area contributed by atoms with Crippen LogP contribution in [0.25, 0.3) is 17.0 Å². The smallest absolute Gasteiger partial charge is 0.168 e. The van der Waals surface area contributed by atoms with E-state index < -0.39 is 0 Å². The lowest BCUT2D eigenvalue weighted by atomic mass is 10.2. The van der Waals surface area contributed by atoms with Gasteiger partial charge in [-0.3, -0.25) is 4.40 Å². The van der Waals surface area contributed by atoms with Crippen LogP contribution in [0.4, 0.5) is 5.69 Å². The van der Waals surface area contributed by atoms with Gasteiger partial charge in [-0.2, -0.15) is 0 Å². The summed E-state index contributed by atoms with van der Waals surface area (Å²) in [6.45, 7) is 1.95. The van der Waals surface area contributed by atoms with Crippen LogP contribution in [0.3, 0.4) is 0 Å². The molecule has 0 unspecified atom stereocenters. The molecule has 2 heterocycles. The number of hydrogen-bond donors (Lipinski definition) is 1. The number of nitrogen functional groups attached to an aromatic ring is 1. The SMILES string of the molecule is COc1cccc(-c2nnc3cc(C)c(N)cn23)c1. The number of rotatable bonds is 2. The first kappa shape index (κ1) is 11.5. The van der Waals surface area contributed by atoms with E-state index in [9.17, 15) is 0 Å². The van der Waals surface area contributed by atoms with Gasteiger partial charge in [-0.05, 0) is 30.7 Å². The Morgan fingerprint density at radius 3 is 2.84 bits per heavy atom. The van der Waals surface area contributed by atoms with Gasteiger partial charge in [-0.25, -0.2) is 0 Å². The molecule has 0 aliphatic carbocycles. The highest BCUT2D eigenvalue weighted by molar-refractivity contribution is 5.64. The van der Waals surface area contributed by atoms with Crippen LogP contribution >= 0.6 is 0 Å². The van der Waals surface area contributed by atoms with Crippen molar-refractivity contribution in [3.05, 3.63) is 42.1 Å². The Morgan fingerprint density at radius 2 is 2.05 bits per heavy atom. The molecule has 0 aliphatic rings. The number of aryl methyl sites for hydroxylation is 1. The maximum Gasteiger partial charge on any atom is 0.168 e. The molecule has 0 saturated heterocycles. The van der Waals surface area contributed by atoms with E-state index in [4.69, 9.17) is 10.5 Å². The number of anilines is 1. The topological polar surface area (TPSA) is 65.4 Å². The summed E-state index contributed by atoms with van der Waals surface area (Å²) in [4.78, 5) is 0. The first-order chi connectivity index (χ1) is 9.19. The highest BCUT2D eigenvalue weighted by Gasteiger charge is 2.10. The highest BCUT2D eigenvalue weighted by atomic mass is 16.5. The van der Waals surface area contributed by atoms with Crippen molar-refractivity contribution in [1.82, 2.24) is 14.6 Å². The fourth-order valence-electron chi connectivity index (χ4n) is 2.01.